The first kappa shape index (κ1) is 18.0. The Bertz CT molecular complexity index is 627. The molecule has 1 heterocycles. The molecule has 24 heavy (non-hydrogen) atoms. The lowest BCUT2D eigenvalue weighted by Gasteiger charge is -2.33. The molecule has 1 fully saturated rings. The van der Waals surface area contributed by atoms with Gasteiger partial charge in [-0.05, 0) is 36.1 Å². The van der Waals surface area contributed by atoms with Crippen LogP contribution in [0.2, 0.25) is 0 Å². The van der Waals surface area contributed by atoms with Crippen molar-refractivity contribution in [3.8, 4) is 0 Å². The van der Waals surface area contributed by atoms with Gasteiger partial charge in [-0.15, -0.1) is 0 Å². The summed E-state index contributed by atoms with van der Waals surface area (Å²) in [5.41, 5.74) is 2.19. The molecule has 1 aliphatic heterocycles. The number of carbonyl (C=O) groups is 1. The summed E-state index contributed by atoms with van der Waals surface area (Å²) in [7, 11) is 0. The van der Waals surface area contributed by atoms with E-state index in [0.29, 0.717) is 0 Å². The topological polar surface area (TPSA) is 20.3 Å². The lowest BCUT2D eigenvalue weighted by molar-refractivity contribution is -0.125. The van der Waals surface area contributed by atoms with Gasteiger partial charge in [-0.3, -0.25) is 4.79 Å². The Morgan fingerprint density at radius 2 is 1.92 bits per heavy atom. The summed E-state index contributed by atoms with van der Waals surface area (Å²) in [5, 5.41) is 0. The molecule has 1 aliphatic carbocycles. The molecule has 1 amide bonds. The molecular formula is C21H30BrNO. The number of hydrogen-bond donors (Lipinski definition) is 0. The predicted molar refractivity (Wildman–Crippen MR) is 104 cm³/mol. The van der Waals surface area contributed by atoms with Crippen molar-refractivity contribution in [1.29, 1.82) is 0 Å². The Labute approximate surface area is 155 Å². The molecular weight excluding hydrogens is 362 g/mol. The first-order valence-corrected chi connectivity index (χ1v) is 10.1. The SMILES string of the molecule is CC(C)(C)C(=O)N1CC(C)(CC2CCCCC2)c2cc(Br)ccc21. The summed E-state index contributed by atoms with van der Waals surface area (Å²) in [6.45, 7) is 9.24. The fourth-order valence-corrected chi connectivity index (χ4v) is 4.90. The van der Waals surface area contributed by atoms with Crippen LogP contribution in [0.3, 0.4) is 0 Å². The van der Waals surface area contributed by atoms with Gasteiger partial charge in [0.2, 0.25) is 5.91 Å². The highest BCUT2D eigenvalue weighted by molar-refractivity contribution is 9.10. The Morgan fingerprint density at radius 3 is 2.54 bits per heavy atom. The molecule has 0 spiro atoms. The summed E-state index contributed by atoms with van der Waals surface area (Å²) in [6.07, 6.45) is 8.04. The second kappa shape index (κ2) is 6.48. The van der Waals surface area contributed by atoms with Crippen molar-refractivity contribution in [2.24, 2.45) is 11.3 Å². The third-order valence-corrected chi connectivity index (χ3v) is 6.25. The molecule has 1 saturated carbocycles. The highest BCUT2D eigenvalue weighted by atomic mass is 79.9. The van der Waals surface area contributed by atoms with Gasteiger partial charge in [0.15, 0.2) is 0 Å². The van der Waals surface area contributed by atoms with E-state index in [9.17, 15) is 4.79 Å². The minimum absolute atomic E-state index is 0.0715. The van der Waals surface area contributed by atoms with E-state index in [4.69, 9.17) is 0 Å². The van der Waals surface area contributed by atoms with Crippen molar-refractivity contribution >= 4 is 27.5 Å². The normalized spacial score (nSPS) is 25.0. The van der Waals surface area contributed by atoms with E-state index in [1.54, 1.807) is 0 Å². The molecule has 0 N–H and O–H groups in total. The van der Waals surface area contributed by atoms with E-state index < -0.39 is 0 Å². The third-order valence-electron chi connectivity index (χ3n) is 5.76. The highest BCUT2D eigenvalue weighted by Crippen LogP contribution is 2.48. The monoisotopic (exact) mass is 391 g/mol. The predicted octanol–water partition coefficient (Wildman–Crippen LogP) is 6.07. The van der Waals surface area contributed by atoms with Gasteiger partial charge in [0.05, 0.1) is 0 Å². The van der Waals surface area contributed by atoms with Crippen molar-refractivity contribution in [3.63, 3.8) is 0 Å². The van der Waals surface area contributed by atoms with E-state index in [2.05, 4.69) is 41.1 Å². The first-order valence-electron chi connectivity index (χ1n) is 9.33. The van der Waals surface area contributed by atoms with Crippen molar-refractivity contribution < 1.29 is 4.79 Å². The zero-order chi connectivity index (χ0) is 17.5. The van der Waals surface area contributed by atoms with E-state index in [0.717, 1.165) is 22.6 Å². The van der Waals surface area contributed by atoms with Crippen LogP contribution >= 0.6 is 15.9 Å². The van der Waals surface area contributed by atoms with E-state index in [1.807, 2.05) is 25.7 Å². The summed E-state index contributed by atoms with van der Waals surface area (Å²) < 4.78 is 1.11. The van der Waals surface area contributed by atoms with Crippen LogP contribution in [0, 0.1) is 11.3 Å². The van der Waals surface area contributed by atoms with Gasteiger partial charge in [-0.2, -0.15) is 0 Å². The zero-order valence-electron chi connectivity index (χ0n) is 15.5. The van der Waals surface area contributed by atoms with Crippen molar-refractivity contribution in [3.05, 3.63) is 28.2 Å². The Hall–Kier alpha value is -0.830. The minimum Gasteiger partial charge on any atom is -0.311 e. The third kappa shape index (κ3) is 3.42. The Balaban J connectivity index is 1.94. The molecule has 1 atom stereocenters. The van der Waals surface area contributed by atoms with Crippen molar-refractivity contribution in [2.45, 2.75) is 71.6 Å². The number of halogens is 1. The maximum absolute atomic E-state index is 13.0. The summed E-state index contributed by atoms with van der Waals surface area (Å²) in [6, 6.07) is 6.43. The molecule has 0 radical (unpaired) electrons. The van der Waals surface area contributed by atoms with Crippen LogP contribution in [0.4, 0.5) is 5.69 Å². The summed E-state index contributed by atoms with van der Waals surface area (Å²) in [5.74, 6) is 1.04. The second-order valence-corrected chi connectivity index (χ2v) is 9.99. The number of rotatable bonds is 2. The molecule has 0 bridgehead atoms. The van der Waals surface area contributed by atoms with Crippen LogP contribution in [0.25, 0.3) is 0 Å². The van der Waals surface area contributed by atoms with Crippen LogP contribution in [0.1, 0.15) is 71.8 Å². The largest absolute Gasteiger partial charge is 0.311 e. The van der Waals surface area contributed by atoms with E-state index >= 15 is 0 Å². The Morgan fingerprint density at radius 1 is 1.25 bits per heavy atom. The van der Waals surface area contributed by atoms with Gasteiger partial charge in [0.1, 0.15) is 0 Å². The average Bonchev–Trinajstić information content (AvgIpc) is 2.79. The Kier molecular flexibility index (Phi) is 4.85. The molecule has 1 aromatic rings. The van der Waals surface area contributed by atoms with E-state index in [-0.39, 0.29) is 16.7 Å². The molecule has 1 unspecified atom stereocenters. The second-order valence-electron chi connectivity index (χ2n) is 9.07. The molecule has 0 aromatic heterocycles. The first-order chi connectivity index (χ1) is 11.2. The summed E-state index contributed by atoms with van der Waals surface area (Å²) in [4.78, 5) is 15.1. The zero-order valence-corrected chi connectivity index (χ0v) is 17.1. The lowest BCUT2D eigenvalue weighted by atomic mass is 9.73. The number of hydrogen-bond acceptors (Lipinski definition) is 1. The summed E-state index contributed by atoms with van der Waals surface area (Å²) >= 11 is 3.63. The molecule has 1 aromatic carbocycles. The lowest BCUT2D eigenvalue weighted by Crippen LogP contribution is -2.42. The van der Waals surface area contributed by atoms with Crippen molar-refractivity contribution in [1.82, 2.24) is 0 Å². The number of nitrogens with zero attached hydrogens (tertiary/aromatic N) is 1. The average molecular weight is 392 g/mol. The van der Waals surface area contributed by atoms with Crippen LogP contribution in [0.5, 0.6) is 0 Å². The minimum atomic E-state index is -0.347. The molecule has 3 rings (SSSR count). The molecule has 2 aliphatic rings. The van der Waals surface area contributed by atoms with Gasteiger partial charge in [-0.25, -0.2) is 0 Å². The number of carbonyl (C=O) groups excluding carboxylic acids is 1. The van der Waals surface area contributed by atoms with Gasteiger partial charge in [-0.1, -0.05) is 75.7 Å². The van der Waals surface area contributed by atoms with Crippen LogP contribution < -0.4 is 4.90 Å². The van der Waals surface area contributed by atoms with Gasteiger partial charge in [0.25, 0.3) is 0 Å². The van der Waals surface area contributed by atoms with Gasteiger partial charge < -0.3 is 4.90 Å². The van der Waals surface area contributed by atoms with Crippen LogP contribution in [-0.4, -0.2) is 12.5 Å². The van der Waals surface area contributed by atoms with Crippen molar-refractivity contribution in [2.75, 3.05) is 11.4 Å². The number of amides is 1. The van der Waals surface area contributed by atoms with Crippen LogP contribution in [0.15, 0.2) is 22.7 Å². The quantitative estimate of drug-likeness (QED) is 0.598. The number of fused-ring (bicyclic) bond motifs is 1. The molecule has 3 heteroatoms. The molecule has 2 nitrogen and oxygen atoms in total. The standard InChI is InChI=1S/C21H30BrNO/c1-20(2,3)19(24)23-14-21(4,13-15-8-6-5-7-9-15)17-12-16(22)10-11-18(17)23/h10-12,15H,5-9,13-14H2,1-4H3. The smallest absolute Gasteiger partial charge is 0.232 e. The van der Waals surface area contributed by atoms with Gasteiger partial charge >= 0.3 is 0 Å². The fraction of sp³-hybridized carbons (Fsp3) is 0.667. The highest BCUT2D eigenvalue weighted by Gasteiger charge is 2.44. The van der Waals surface area contributed by atoms with E-state index in [1.165, 1.54) is 44.1 Å². The number of benzene rings is 1. The van der Waals surface area contributed by atoms with Crippen LogP contribution in [-0.2, 0) is 10.2 Å². The maximum Gasteiger partial charge on any atom is 0.232 e. The van der Waals surface area contributed by atoms with Gasteiger partial charge in [0, 0.05) is 27.5 Å². The maximum atomic E-state index is 13.0. The molecule has 0 saturated heterocycles. The number of anilines is 1. The molecule has 132 valence electrons. The fourth-order valence-electron chi connectivity index (χ4n) is 4.54.